The summed E-state index contributed by atoms with van der Waals surface area (Å²) in [6.45, 7) is 7.26. The average Bonchev–Trinajstić information content (AvgIpc) is 2.01. The Morgan fingerprint density at radius 1 is 1.73 bits per heavy atom. The Labute approximate surface area is 67.6 Å². The first-order valence-electron chi connectivity index (χ1n) is 3.70. The van der Waals surface area contributed by atoms with Gasteiger partial charge in [-0.25, -0.2) is 4.79 Å². The first-order chi connectivity index (χ1) is 5.24. The maximum Gasteiger partial charge on any atom is 0.330 e. The monoisotopic (exact) mass is 154 g/mol. The summed E-state index contributed by atoms with van der Waals surface area (Å²) in [7, 11) is 0. The molecule has 0 aliphatic carbocycles. The van der Waals surface area contributed by atoms with Crippen LogP contribution in [0, 0.1) is 0 Å². The summed E-state index contributed by atoms with van der Waals surface area (Å²) in [5.41, 5.74) is 0. The van der Waals surface area contributed by atoms with Crippen LogP contribution in [-0.4, -0.2) is 12.1 Å². The quantitative estimate of drug-likeness (QED) is 0.352. The number of hydrogen-bond donors (Lipinski definition) is 0. The lowest BCUT2D eigenvalue weighted by Crippen LogP contribution is -2.12. The van der Waals surface area contributed by atoms with E-state index in [2.05, 4.69) is 6.58 Å². The summed E-state index contributed by atoms with van der Waals surface area (Å²) >= 11 is 0. The van der Waals surface area contributed by atoms with E-state index in [1.807, 2.05) is 6.92 Å². The Bertz CT molecular complexity index is 159. The topological polar surface area (TPSA) is 26.3 Å². The van der Waals surface area contributed by atoms with Crippen LogP contribution in [0.3, 0.4) is 0 Å². The molecule has 1 unspecified atom stereocenters. The fourth-order valence-corrected chi connectivity index (χ4v) is 0.623. The molecule has 0 aromatic heterocycles. The summed E-state index contributed by atoms with van der Waals surface area (Å²) in [6.07, 6.45) is 5.29. The molecule has 0 aliphatic rings. The molecule has 0 bridgehead atoms. The van der Waals surface area contributed by atoms with Crippen molar-refractivity contribution in [2.75, 3.05) is 0 Å². The third kappa shape index (κ3) is 4.37. The van der Waals surface area contributed by atoms with Gasteiger partial charge in [-0.2, -0.15) is 0 Å². The second-order valence-corrected chi connectivity index (χ2v) is 2.12. The maximum atomic E-state index is 10.8. The number of carbonyl (C=O) groups is 1. The van der Waals surface area contributed by atoms with Gasteiger partial charge in [-0.3, -0.25) is 0 Å². The smallest absolute Gasteiger partial charge is 0.330 e. The highest BCUT2D eigenvalue weighted by Crippen LogP contribution is 1.99. The Morgan fingerprint density at radius 2 is 2.36 bits per heavy atom. The molecule has 0 fully saturated rings. The second kappa shape index (κ2) is 5.71. The normalized spacial score (nSPS) is 12.9. The number of carbonyl (C=O) groups excluding carboxylic acids is 1. The molecule has 0 saturated heterocycles. The van der Waals surface area contributed by atoms with Gasteiger partial charge >= 0.3 is 5.97 Å². The zero-order valence-electron chi connectivity index (χ0n) is 7.04. The number of esters is 1. The molecule has 0 aromatic rings. The zero-order valence-corrected chi connectivity index (χ0v) is 7.04. The van der Waals surface area contributed by atoms with E-state index in [1.165, 1.54) is 6.08 Å². The fourth-order valence-electron chi connectivity index (χ4n) is 0.623. The molecule has 2 heteroatoms. The summed E-state index contributed by atoms with van der Waals surface area (Å²) < 4.78 is 4.95. The van der Waals surface area contributed by atoms with E-state index in [0.29, 0.717) is 0 Å². The van der Waals surface area contributed by atoms with Gasteiger partial charge in [0.25, 0.3) is 0 Å². The summed E-state index contributed by atoms with van der Waals surface area (Å²) in [5.74, 6) is -0.306. The van der Waals surface area contributed by atoms with E-state index in [9.17, 15) is 4.79 Å². The Kier molecular flexibility index (Phi) is 5.17. The minimum absolute atomic E-state index is 0.154. The van der Waals surface area contributed by atoms with E-state index in [4.69, 9.17) is 4.74 Å². The first kappa shape index (κ1) is 9.95. The lowest BCUT2D eigenvalue weighted by Gasteiger charge is -2.08. The lowest BCUT2D eigenvalue weighted by molar-refractivity contribution is -0.140. The lowest BCUT2D eigenvalue weighted by atomic mass is 10.3. The van der Waals surface area contributed by atoms with Crippen LogP contribution in [-0.2, 0) is 9.53 Å². The predicted molar refractivity (Wildman–Crippen MR) is 45.2 cm³/mol. The predicted octanol–water partition coefficient (Wildman–Crippen LogP) is 2.07. The van der Waals surface area contributed by atoms with Crippen LogP contribution >= 0.6 is 0 Å². The van der Waals surface area contributed by atoms with Crippen molar-refractivity contribution in [1.29, 1.82) is 0 Å². The number of rotatable bonds is 4. The number of hydrogen-bond acceptors (Lipinski definition) is 2. The van der Waals surface area contributed by atoms with Crippen molar-refractivity contribution in [2.45, 2.75) is 26.4 Å². The van der Waals surface area contributed by atoms with Gasteiger partial charge in [0.05, 0.1) is 0 Å². The van der Waals surface area contributed by atoms with Crippen LogP contribution in [0.5, 0.6) is 0 Å². The van der Waals surface area contributed by atoms with Gasteiger partial charge < -0.3 is 4.74 Å². The Morgan fingerprint density at radius 3 is 2.73 bits per heavy atom. The minimum atomic E-state index is -0.306. The van der Waals surface area contributed by atoms with E-state index < -0.39 is 0 Å². The molecular weight excluding hydrogens is 140 g/mol. The Balaban J connectivity index is 3.81. The molecular formula is C9H14O2. The van der Waals surface area contributed by atoms with Crippen molar-refractivity contribution in [3.05, 3.63) is 24.8 Å². The van der Waals surface area contributed by atoms with Crippen LogP contribution < -0.4 is 0 Å². The molecule has 11 heavy (non-hydrogen) atoms. The molecule has 1 atom stereocenters. The van der Waals surface area contributed by atoms with Gasteiger partial charge in [0, 0.05) is 6.08 Å². The molecule has 0 heterocycles. The highest BCUT2D eigenvalue weighted by atomic mass is 16.5. The van der Waals surface area contributed by atoms with Crippen molar-refractivity contribution >= 4 is 5.97 Å². The molecule has 0 N–H and O–H groups in total. The largest absolute Gasteiger partial charge is 0.455 e. The molecule has 2 nitrogen and oxygen atoms in total. The Hall–Kier alpha value is -1.05. The molecule has 0 spiro atoms. The van der Waals surface area contributed by atoms with Crippen LogP contribution in [0.1, 0.15) is 20.3 Å². The average molecular weight is 154 g/mol. The van der Waals surface area contributed by atoms with Crippen LogP contribution in [0.4, 0.5) is 0 Å². The van der Waals surface area contributed by atoms with Gasteiger partial charge in [0.15, 0.2) is 0 Å². The molecule has 62 valence electrons. The number of ether oxygens (including phenoxy) is 1. The highest BCUT2D eigenvalue weighted by Gasteiger charge is 2.04. The second-order valence-electron chi connectivity index (χ2n) is 2.12. The third-order valence-corrected chi connectivity index (χ3v) is 1.24. The van der Waals surface area contributed by atoms with Crippen molar-refractivity contribution in [1.82, 2.24) is 0 Å². The van der Waals surface area contributed by atoms with E-state index >= 15 is 0 Å². The SMILES string of the molecule is C=CC(CC)OC(=O)/C=C/C. The minimum Gasteiger partial charge on any atom is -0.455 e. The summed E-state index contributed by atoms with van der Waals surface area (Å²) in [5, 5.41) is 0. The third-order valence-electron chi connectivity index (χ3n) is 1.24. The molecule has 0 amide bonds. The highest BCUT2D eigenvalue weighted by molar-refractivity contribution is 5.82. The van der Waals surface area contributed by atoms with Gasteiger partial charge in [-0.05, 0) is 13.3 Å². The van der Waals surface area contributed by atoms with Gasteiger partial charge in [0.1, 0.15) is 6.10 Å². The number of allylic oxidation sites excluding steroid dienone is 1. The van der Waals surface area contributed by atoms with E-state index in [1.54, 1.807) is 19.1 Å². The van der Waals surface area contributed by atoms with Crippen LogP contribution in [0.25, 0.3) is 0 Å². The van der Waals surface area contributed by atoms with Gasteiger partial charge in [-0.15, -0.1) is 0 Å². The fraction of sp³-hybridized carbons (Fsp3) is 0.444. The summed E-state index contributed by atoms with van der Waals surface area (Å²) in [6, 6.07) is 0. The summed E-state index contributed by atoms with van der Waals surface area (Å²) in [4.78, 5) is 10.8. The van der Waals surface area contributed by atoms with E-state index in [-0.39, 0.29) is 12.1 Å². The van der Waals surface area contributed by atoms with Gasteiger partial charge in [0.2, 0.25) is 0 Å². The first-order valence-corrected chi connectivity index (χ1v) is 3.70. The van der Waals surface area contributed by atoms with Crippen molar-refractivity contribution in [2.24, 2.45) is 0 Å². The maximum absolute atomic E-state index is 10.8. The van der Waals surface area contributed by atoms with Gasteiger partial charge in [-0.1, -0.05) is 25.7 Å². The van der Waals surface area contributed by atoms with Crippen LogP contribution in [0.2, 0.25) is 0 Å². The van der Waals surface area contributed by atoms with Crippen molar-refractivity contribution in [3.8, 4) is 0 Å². The molecule has 0 aliphatic heterocycles. The van der Waals surface area contributed by atoms with E-state index in [0.717, 1.165) is 6.42 Å². The van der Waals surface area contributed by atoms with Crippen molar-refractivity contribution < 1.29 is 9.53 Å². The molecule has 0 radical (unpaired) electrons. The molecule has 0 saturated carbocycles. The standard InChI is InChI=1S/C9H14O2/c1-4-7-9(10)11-8(5-2)6-3/h4-5,7-8H,2,6H2,1,3H3/b7-4+. The van der Waals surface area contributed by atoms with Crippen LogP contribution in [0.15, 0.2) is 24.8 Å². The zero-order chi connectivity index (χ0) is 8.69. The van der Waals surface area contributed by atoms with Crippen molar-refractivity contribution in [3.63, 3.8) is 0 Å². The molecule has 0 rings (SSSR count). The molecule has 0 aromatic carbocycles.